The van der Waals surface area contributed by atoms with Crippen LogP contribution < -0.4 is 10.1 Å². The van der Waals surface area contributed by atoms with E-state index in [0.29, 0.717) is 0 Å². The molecule has 0 aliphatic rings. The lowest BCUT2D eigenvalue weighted by atomic mass is 10.2. The molecule has 0 aliphatic carbocycles. The molecule has 1 amide bonds. The molecule has 0 radical (unpaired) electrons. The van der Waals surface area contributed by atoms with Crippen molar-refractivity contribution in [1.82, 2.24) is 10.2 Å². The lowest BCUT2D eigenvalue weighted by Gasteiger charge is -2.14. The van der Waals surface area contributed by atoms with Gasteiger partial charge in [-0.25, -0.2) is 17.2 Å². The van der Waals surface area contributed by atoms with Crippen LogP contribution in [0.5, 0.6) is 11.6 Å². The minimum Gasteiger partial charge on any atom is -0.435 e. The van der Waals surface area contributed by atoms with Crippen molar-refractivity contribution in [2.45, 2.75) is 11.1 Å². The van der Waals surface area contributed by atoms with Crippen molar-refractivity contribution in [3.8, 4) is 11.6 Å². The van der Waals surface area contributed by atoms with Crippen LogP contribution in [0.15, 0.2) is 47.4 Å². The number of nitrogens with zero attached hydrogens (tertiary/aromatic N) is 2. The monoisotopic (exact) mass is 507 g/mol. The van der Waals surface area contributed by atoms with Crippen LogP contribution in [0.1, 0.15) is 16.1 Å². The summed E-state index contributed by atoms with van der Waals surface area (Å²) in [4.78, 5) is 12.4. The third kappa shape index (κ3) is 5.73. The second-order valence-electron chi connectivity index (χ2n) is 6.49. The average molecular weight is 508 g/mol. The number of alkyl halides is 3. The molecule has 7 nitrogen and oxygen atoms in total. The highest BCUT2D eigenvalue weighted by molar-refractivity contribution is 7.90. The van der Waals surface area contributed by atoms with Gasteiger partial charge in [-0.3, -0.25) is 4.79 Å². The predicted octanol–water partition coefficient (Wildman–Crippen LogP) is 4.88. The Balaban J connectivity index is 2.06. The van der Waals surface area contributed by atoms with Gasteiger partial charge in [0.2, 0.25) is 0 Å². The Hall–Kier alpha value is -3.32. The largest absolute Gasteiger partial charge is 0.435 e. The predicted molar refractivity (Wildman–Crippen MR) is 106 cm³/mol. The van der Waals surface area contributed by atoms with Gasteiger partial charge < -0.3 is 10.1 Å². The second-order valence-corrected chi connectivity index (χ2v) is 8.91. The fraction of sp³-hybridized carbons (Fsp3) is 0.105. The van der Waals surface area contributed by atoms with Crippen molar-refractivity contribution in [3.05, 3.63) is 70.4 Å². The van der Waals surface area contributed by atoms with E-state index in [0.717, 1.165) is 42.7 Å². The van der Waals surface area contributed by atoms with E-state index in [2.05, 4.69) is 10.2 Å². The van der Waals surface area contributed by atoms with Gasteiger partial charge in [0.25, 0.3) is 11.8 Å². The highest BCUT2D eigenvalue weighted by atomic mass is 35.5. The first-order chi connectivity index (χ1) is 15.3. The number of rotatable bonds is 5. The molecule has 2 aromatic carbocycles. The number of amides is 1. The molecule has 1 heterocycles. The number of anilines is 1. The number of carbonyl (C=O) groups is 1. The molecule has 0 fully saturated rings. The van der Waals surface area contributed by atoms with Crippen molar-refractivity contribution in [2.24, 2.45) is 0 Å². The van der Waals surface area contributed by atoms with Gasteiger partial charge in [0.1, 0.15) is 17.2 Å². The molecule has 33 heavy (non-hydrogen) atoms. The lowest BCUT2D eigenvalue weighted by molar-refractivity contribution is -0.141. The quantitative estimate of drug-likeness (QED) is 0.390. The molecule has 14 heteroatoms. The summed E-state index contributed by atoms with van der Waals surface area (Å²) >= 11 is 5.87. The Morgan fingerprint density at radius 1 is 1.06 bits per heavy atom. The highest BCUT2D eigenvalue weighted by Gasteiger charge is 2.35. The van der Waals surface area contributed by atoms with Gasteiger partial charge in [0.15, 0.2) is 21.3 Å². The molecule has 3 aromatic rings. The number of hydrogen-bond acceptors (Lipinski definition) is 6. The number of carbonyl (C=O) groups excluding carboxylic acids is 1. The molecular formula is C19H11ClF5N3O4S. The molecule has 0 spiro atoms. The molecule has 1 aromatic heterocycles. The average Bonchev–Trinajstić information content (AvgIpc) is 2.71. The maximum Gasteiger partial charge on any atom is 0.435 e. The van der Waals surface area contributed by atoms with Crippen molar-refractivity contribution in [3.63, 3.8) is 0 Å². The first-order valence-electron chi connectivity index (χ1n) is 8.64. The molecule has 1 N–H and O–H groups in total. The number of hydrogen-bond donors (Lipinski definition) is 1. The smallest absolute Gasteiger partial charge is 0.435 e. The highest BCUT2D eigenvalue weighted by Crippen LogP contribution is 2.34. The van der Waals surface area contributed by atoms with E-state index in [-0.39, 0.29) is 21.7 Å². The van der Waals surface area contributed by atoms with Gasteiger partial charge in [-0.15, -0.1) is 10.2 Å². The minimum absolute atomic E-state index is 0.156. The van der Waals surface area contributed by atoms with Gasteiger partial charge in [-0.1, -0.05) is 11.6 Å². The van der Waals surface area contributed by atoms with Gasteiger partial charge >= 0.3 is 6.18 Å². The summed E-state index contributed by atoms with van der Waals surface area (Å²) in [5.74, 6) is -4.40. The van der Waals surface area contributed by atoms with Gasteiger partial charge in [0, 0.05) is 12.3 Å². The Labute approximate surface area is 188 Å². The van der Waals surface area contributed by atoms with E-state index in [1.54, 1.807) is 0 Å². The lowest BCUT2D eigenvalue weighted by Crippen LogP contribution is -2.18. The summed E-state index contributed by atoms with van der Waals surface area (Å²) in [7, 11) is -3.79. The van der Waals surface area contributed by atoms with Gasteiger partial charge in [-0.2, -0.15) is 13.2 Å². The molecule has 3 rings (SSSR count). The summed E-state index contributed by atoms with van der Waals surface area (Å²) in [5, 5.41) is 7.98. The second kappa shape index (κ2) is 8.90. The molecule has 0 aliphatic heterocycles. The van der Waals surface area contributed by atoms with Crippen LogP contribution in [0.2, 0.25) is 5.02 Å². The summed E-state index contributed by atoms with van der Waals surface area (Å²) < 4.78 is 95.5. The summed E-state index contributed by atoms with van der Waals surface area (Å²) in [5.41, 5.74) is -3.07. The number of benzene rings is 2. The molecule has 174 valence electrons. The normalized spacial score (nSPS) is 11.8. The summed E-state index contributed by atoms with van der Waals surface area (Å²) in [6, 6.07) is 5.63. The van der Waals surface area contributed by atoms with Crippen LogP contribution >= 0.6 is 11.6 Å². The Morgan fingerprint density at radius 3 is 2.39 bits per heavy atom. The number of ether oxygens (including phenoxy) is 1. The zero-order valence-corrected chi connectivity index (χ0v) is 17.8. The zero-order chi connectivity index (χ0) is 24.6. The van der Waals surface area contributed by atoms with Gasteiger partial charge in [-0.05, 0) is 36.4 Å². The van der Waals surface area contributed by atoms with Crippen LogP contribution in [-0.2, 0) is 16.0 Å². The maximum absolute atomic E-state index is 14.1. The van der Waals surface area contributed by atoms with E-state index in [1.807, 2.05) is 5.32 Å². The van der Waals surface area contributed by atoms with Crippen molar-refractivity contribution >= 4 is 33.0 Å². The maximum atomic E-state index is 14.1. The summed E-state index contributed by atoms with van der Waals surface area (Å²) in [6.45, 7) is 0. The van der Waals surface area contributed by atoms with Crippen LogP contribution in [0.3, 0.4) is 0 Å². The number of halogens is 6. The molecule has 0 saturated carbocycles. The SMILES string of the molecule is CS(=O)(=O)c1ccc(F)c(NC(=O)c2cc(C(F)(F)F)nnc2Oc2cc(F)ccc2Cl)c1. The van der Waals surface area contributed by atoms with Gasteiger partial charge in [0.05, 0.1) is 15.6 Å². The molecular weight excluding hydrogens is 497 g/mol. The fourth-order valence-corrected chi connectivity index (χ4v) is 3.24. The standard InChI is InChI=1S/C19H11ClF5N3O4S/c1-33(30,31)10-3-5-13(22)14(7-10)26-17(29)11-8-16(19(23,24)25)27-28-18(11)32-15-6-9(21)2-4-12(15)20/h2-8H,1H3,(H,26,29). The first kappa shape index (κ1) is 24.3. The van der Waals surface area contributed by atoms with E-state index in [9.17, 15) is 35.2 Å². The van der Waals surface area contributed by atoms with E-state index < -0.39 is 56.4 Å². The molecule has 0 saturated heterocycles. The minimum atomic E-state index is -5.00. The number of sulfone groups is 1. The Bertz CT molecular complexity index is 1350. The topological polar surface area (TPSA) is 98.2 Å². The van der Waals surface area contributed by atoms with Crippen molar-refractivity contribution in [1.29, 1.82) is 0 Å². The van der Waals surface area contributed by atoms with Crippen molar-refractivity contribution < 1.29 is 39.9 Å². The van der Waals surface area contributed by atoms with E-state index in [4.69, 9.17) is 16.3 Å². The Morgan fingerprint density at radius 2 is 1.76 bits per heavy atom. The first-order valence-corrected chi connectivity index (χ1v) is 10.9. The van der Waals surface area contributed by atoms with Crippen LogP contribution in [-0.4, -0.2) is 30.8 Å². The van der Waals surface area contributed by atoms with Crippen molar-refractivity contribution in [2.75, 3.05) is 11.6 Å². The molecule has 0 atom stereocenters. The number of nitrogens with one attached hydrogen (secondary N) is 1. The Kier molecular flexibility index (Phi) is 6.56. The molecule has 0 bridgehead atoms. The van der Waals surface area contributed by atoms with Crippen LogP contribution in [0, 0.1) is 11.6 Å². The van der Waals surface area contributed by atoms with Crippen LogP contribution in [0.25, 0.3) is 0 Å². The third-order valence-corrected chi connectivity index (χ3v) is 5.43. The summed E-state index contributed by atoms with van der Waals surface area (Å²) in [6.07, 6.45) is -4.17. The number of aromatic nitrogens is 2. The molecule has 0 unspecified atom stereocenters. The van der Waals surface area contributed by atoms with E-state index in [1.165, 1.54) is 0 Å². The fourth-order valence-electron chi connectivity index (χ4n) is 2.44. The zero-order valence-electron chi connectivity index (χ0n) is 16.2. The van der Waals surface area contributed by atoms with E-state index >= 15 is 0 Å². The van der Waals surface area contributed by atoms with Crippen LogP contribution in [0.4, 0.5) is 27.6 Å². The third-order valence-electron chi connectivity index (χ3n) is 4.01.